The van der Waals surface area contributed by atoms with Crippen molar-refractivity contribution in [3.05, 3.63) is 155 Å². The Morgan fingerprint density at radius 1 is 0.551 bits per heavy atom. The number of aryl methyl sites for hydroxylation is 2. The summed E-state index contributed by atoms with van der Waals surface area (Å²) in [7, 11) is 0. The van der Waals surface area contributed by atoms with E-state index in [-0.39, 0.29) is 101 Å². The Labute approximate surface area is 621 Å². The van der Waals surface area contributed by atoms with Crippen molar-refractivity contribution < 1.29 is 158 Å². The first kappa shape index (κ1) is 84.9. The van der Waals surface area contributed by atoms with Crippen LogP contribution >= 0.6 is 23.5 Å². The molecule has 2 heterocycles. The Morgan fingerprint density at radius 2 is 0.929 bits per heavy atom. The van der Waals surface area contributed by atoms with Crippen molar-refractivity contribution in [1.29, 1.82) is 0 Å². The zero-order valence-corrected chi connectivity index (χ0v) is 61.3. The van der Waals surface area contributed by atoms with E-state index in [4.69, 9.17) is 18.9 Å². The summed E-state index contributed by atoms with van der Waals surface area (Å²) in [5, 5.41) is 92.5. The number of Topliss-reactive ketones (excluding diaryl/α,β-unsaturated/α-hetero) is 1. The van der Waals surface area contributed by atoms with Crippen molar-refractivity contribution in [1.82, 2.24) is 26.6 Å². The molecule has 2 fully saturated rings. The maximum absolute atomic E-state index is 13.0. The average molecular weight is 1410 g/mol. The molecule has 520 valence electrons. The van der Waals surface area contributed by atoms with E-state index in [1.807, 2.05) is 62.4 Å². The third kappa shape index (κ3) is 24.7. The van der Waals surface area contributed by atoms with Gasteiger partial charge in [-0.25, -0.2) is 6.29 Å². The molecule has 12 N–H and O–H groups in total. The van der Waals surface area contributed by atoms with Crippen LogP contribution in [0.15, 0.2) is 121 Å². The van der Waals surface area contributed by atoms with E-state index in [9.17, 15) is 74.1 Å². The van der Waals surface area contributed by atoms with Gasteiger partial charge in [-0.05, 0) is 109 Å². The number of aliphatic hydroxyl groups is 6. The molecule has 0 aromatic heterocycles. The molecule has 5 aromatic carbocycles. The SMILES string of the molecule is CC(=O)N[C@H]1[C@H]([C@H](O)[C@H](O)CNC(=O)c2ccc(-c3ccc(C)cc3)cc2)O[C@]([C-]=O)(OCCCSCCNC(=O)c2ccc(C(=O)CCCSCCCO[C@]3(C(=O)[O-])C[C@H](O)[C@@H](NC(C)=O)[C@H]([C@H](O)[C@H](O)CNC(=O)c4ccc(-c5ccc(C)cc5)cc4)O3)cc2)C[C@@H]1O.[Na+].[Na+].[OH-]. The van der Waals surface area contributed by atoms with Gasteiger partial charge < -0.3 is 96.3 Å². The molecule has 0 unspecified atom stereocenters. The zero-order valence-electron chi connectivity index (χ0n) is 55.7. The van der Waals surface area contributed by atoms with Crippen LogP contribution in [0.5, 0.6) is 0 Å². The number of ketones is 1. The molecular weight excluding hydrogens is 1330 g/mol. The van der Waals surface area contributed by atoms with Gasteiger partial charge in [0.2, 0.25) is 17.6 Å². The molecule has 7 rings (SSSR count). The minimum absolute atomic E-state index is 0. The van der Waals surface area contributed by atoms with Gasteiger partial charge in [0.05, 0.1) is 48.9 Å². The van der Waals surface area contributed by atoms with Gasteiger partial charge >= 0.3 is 59.1 Å². The smallest absolute Gasteiger partial charge is 0.870 e. The second-order valence-corrected chi connectivity index (χ2v) is 25.9. The Balaban J connectivity index is 0.00000680. The van der Waals surface area contributed by atoms with Gasteiger partial charge in [0.1, 0.15) is 30.4 Å². The maximum Gasteiger partial charge on any atom is 1.00 e. The fourth-order valence-electron chi connectivity index (χ4n) is 10.8. The molecule has 29 heteroatoms. The van der Waals surface area contributed by atoms with E-state index in [2.05, 4.69) is 26.6 Å². The summed E-state index contributed by atoms with van der Waals surface area (Å²) in [6.07, 6.45) is -11.7. The number of rotatable bonds is 35. The summed E-state index contributed by atoms with van der Waals surface area (Å²) in [4.78, 5) is 101. The summed E-state index contributed by atoms with van der Waals surface area (Å²) in [5.41, 5.74) is 7.21. The first-order chi connectivity index (χ1) is 45.4. The first-order valence-corrected chi connectivity index (χ1v) is 33.6. The van der Waals surface area contributed by atoms with Crippen molar-refractivity contribution in [3.8, 4) is 22.3 Å². The van der Waals surface area contributed by atoms with Gasteiger partial charge in [-0.2, -0.15) is 23.5 Å². The number of carboxylic acid groups (broad SMARTS) is 1. The van der Waals surface area contributed by atoms with E-state index < -0.39 is 128 Å². The molecule has 0 radical (unpaired) electrons. The Hall–Kier alpha value is -5.48. The number of nitrogens with one attached hydrogen (secondary N) is 5. The predicted molar refractivity (Wildman–Crippen MR) is 354 cm³/mol. The summed E-state index contributed by atoms with van der Waals surface area (Å²) in [5.74, 6) is -7.39. The van der Waals surface area contributed by atoms with Crippen LogP contribution in [0.1, 0.15) is 105 Å². The summed E-state index contributed by atoms with van der Waals surface area (Å²) in [6.45, 7) is 5.36. The number of ether oxygens (including phenoxy) is 4. The fourth-order valence-corrected chi connectivity index (χ4v) is 12.5. The minimum Gasteiger partial charge on any atom is -0.870 e. The van der Waals surface area contributed by atoms with E-state index in [0.29, 0.717) is 65.5 Å². The Morgan fingerprint density at radius 3 is 1.37 bits per heavy atom. The molecule has 2 saturated heterocycles. The van der Waals surface area contributed by atoms with Crippen LogP contribution in [0.4, 0.5) is 0 Å². The molecule has 0 bridgehead atoms. The van der Waals surface area contributed by atoms with Crippen LogP contribution in [0, 0.1) is 13.8 Å². The standard InChI is InChI=1S/C69H84N5O19S2.2Na.H2O/c1-41-9-13-45(14-10-41)47-17-23-51(24-18-47)65(86)71-38-56(81)60(83)62-58(73-43(3)76)54(79)36-68(40-75,92-62)90-30-6-34-95-35-29-70-64(85)50-27-21-49(22-28-50)53(78)8-5-32-94-33-7-31-91-69(67(88)89)37-55(80)59(74-44(4)77)63(93-69)61(84)57(82)39-72-66(87)52-25-19-48(20-26-52)46-15-11-42(2)12-16-46;;;/h9-28,54-63,79-84H,5-8,29-39H2,1-4H3,(H,70,85)(H,71,86)(H,72,87)(H,73,76)(H,74,77)(H,88,89);;;1H2/q-1;2*+1;/p-2/t54-,55-,56+,57+,58+,59+,60+,61+,62+,63+,68+,69+;;;/m0.../s1. The van der Waals surface area contributed by atoms with Gasteiger partial charge in [0.25, 0.3) is 17.7 Å². The quantitative estimate of drug-likeness (QED) is 0.00805. The summed E-state index contributed by atoms with van der Waals surface area (Å²) in [6, 6.07) is 32.9. The molecule has 5 aromatic rings. The minimum atomic E-state index is -2.58. The Bertz CT molecular complexity index is 3380. The molecule has 0 spiro atoms. The van der Waals surface area contributed by atoms with E-state index in [1.165, 1.54) is 30.4 Å². The molecular formula is C69H84N5Na2O20S2-. The molecule has 12 atom stereocenters. The normalized spacial score (nSPS) is 21.5. The van der Waals surface area contributed by atoms with Crippen LogP contribution in [-0.2, 0) is 38.1 Å². The second-order valence-electron chi connectivity index (χ2n) is 23.5. The predicted octanol–water partition coefficient (Wildman–Crippen LogP) is -3.69. The third-order valence-corrected chi connectivity index (χ3v) is 18.3. The average Bonchev–Trinajstić information content (AvgIpc) is 0.779. The largest absolute Gasteiger partial charge is 1.00 e. The third-order valence-electron chi connectivity index (χ3n) is 16.1. The van der Waals surface area contributed by atoms with Gasteiger partial charge in [-0.1, -0.05) is 96.1 Å². The molecule has 0 aliphatic carbocycles. The van der Waals surface area contributed by atoms with Gasteiger partial charge in [-0.3, -0.25) is 28.8 Å². The first-order valence-electron chi connectivity index (χ1n) is 31.3. The summed E-state index contributed by atoms with van der Waals surface area (Å²) < 4.78 is 23.2. The number of aliphatic carboxylic acids is 1. The molecule has 98 heavy (non-hydrogen) atoms. The van der Waals surface area contributed by atoms with Gasteiger partial charge in [0.15, 0.2) is 5.78 Å². The number of benzene rings is 5. The van der Waals surface area contributed by atoms with Crippen molar-refractivity contribution >= 4 is 71.1 Å². The number of carbonyl (C=O) groups excluding carboxylic acids is 8. The maximum atomic E-state index is 13.0. The van der Waals surface area contributed by atoms with E-state index in [1.54, 1.807) is 79.1 Å². The van der Waals surface area contributed by atoms with Crippen LogP contribution in [0.2, 0.25) is 0 Å². The van der Waals surface area contributed by atoms with Gasteiger partial charge in [0, 0.05) is 87.4 Å². The van der Waals surface area contributed by atoms with Crippen LogP contribution < -0.4 is 90.8 Å². The second kappa shape index (κ2) is 41.4. The van der Waals surface area contributed by atoms with Crippen molar-refractivity contribution in [2.75, 3.05) is 55.9 Å². The number of hydrogen-bond donors (Lipinski definition) is 11. The van der Waals surface area contributed by atoms with Gasteiger partial charge in [-0.15, -0.1) is 0 Å². The topological polar surface area (TPSA) is 408 Å². The van der Waals surface area contributed by atoms with Crippen molar-refractivity contribution in [3.63, 3.8) is 0 Å². The zero-order chi connectivity index (χ0) is 68.8. The number of hydrogen-bond acceptors (Lipinski definition) is 22. The van der Waals surface area contributed by atoms with E-state index in [0.717, 1.165) is 40.3 Å². The monoisotopic (exact) mass is 1410 g/mol. The molecule has 5 amide bonds. The number of carbonyl (C=O) groups is 7. The number of thioether (sulfide) groups is 2. The number of amides is 5. The number of aliphatic hydroxyl groups excluding tert-OH is 6. The van der Waals surface area contributed by atoms with Crippen LogP contribution in [-0.4, -0.2) is 212 Å². The van der Waals surface area contributed by atoms with Crippen molar-refractivity contribution in [2.45, 2.75) is 139 Å². The van der Waals surface area contributed by atoms with E-state index >= 15 is 0 Å². The molecule has 25 nitrogen and oxygen atoms in total. The number of carboxylic acids is 1. The fraction of sp³-hybridized carbons (Fsp3) is 0.449. The van der Waals surface area contributed by atoms with Crippen molar-refractivity contribution in [2.24, 2.45) is 0 Å². The molecule has 2 aliphatic rings. The molecule has 2 aliphatic heterocycles. The van der Waals surface area contributed by atoms with Crippen LogP contribution in [0.3, 0.4) is 0 Å². The summed E-state index contributed by atoms with van der Waals surface area (Å²) >= 11 is 2.95. The molecule has 0 saturated carbocycles. The van der Waals surface area contributed by atoms with Crippen LogP contribution in [0.25, 0.3) is 22.3 Å². The Kier molecular flexibility index (Phi) is 35.9.